The number of thiazole rings is 1. The molecule has 0 spiro atoms. The molecule has 0 radical (unpaired) electrons. The number of aromatic nitrogens is 1. The summed E-state index contributed by atoms with van der Waals surface area (Å²) in [5.74, 6) is -0.335. The Labute approximate surface area is 142 Å². The van der Waals surface area contributed by atoms with Gasteiger partial charge < -0.3 is 10.1 Å². The molecule has 2 atom stereocenters. The van der Waals surface area contributed by atoms with Gasteiger partial charge >= 0.3 is 0 Å². The van der Waals surface area contributed by atoms with Gasteiger partial charge in [-0.25, -0.2) is 4.98 Å². The van der Waals surface area contributed by atoms with Crippen LogP contribution in [0.15, 0.2) is 30.5 Å². The van der Waals surface area contributed by atoms with Gasteiger partial charge in [-0.15, -0.1) is 11.3 Å². The van der Waals surface area contributed by atoms with Crippen LogP contribution in [-0.2, 0) is 4.74 Å². The van der Waals surface area contributed by atoms with Crippen LogP contribution < -0.4 is 5.32 Å². The molecule has 118 valence electrons. The highest BCUT2D eigenvalue weighted by Crippen LogP contribution is 2.31. The third-order valence-electron chi connectivity index (χ3n) is 3.57. The maximum atomic E-state index is 12.4. The maximum absolute atomic E-state index is 12.4. The summed E-state index contributed by atoms with van der Waals surface area (Å²) in [6.45, 7) is 0.731. The van der Waals surface area contributed by atoms with E-state index in [0.717, 1.165) is 24.5 Å². The lowest BCUT2D eigenvalue weighted by molar-refractivity contribution is 0.0949. The molecule has 1 saturated heterocycles. The number of halogens is 1. The second kappa shape index (κ2) is 7.09. The van der Waals surface area contributed by atoms with Crippen molar-refractivity contribution >= 4 is 28.8 Å². The van der Waals surface area contributed by atoms with E-state index in [0.29, 0.717) is 15.5 Å². The first kappa shape index (κ1) is 15.9. The van der Waals surface area contributed by atoms with E-state index in [2.05, 4.69) is 16.4 Å². The lowest BCUT2D eigenvalue weighted by atomic mass is 10.1. The van der Waals surface area contributed by atoms with Crippen LogP contribution in [0.3, 0.4) is 0 Å². The maximum Gasteiger partial charge on any atom is 0.264 e. The van der Waals surface area contributed by atoms with Gasteiger partial charge in [0.25, 0.3) is 5.91 Å². The molecule has 1 aliphatic rings. The molecule has 2 aromatic rings. The summed E-state index contributed by atoms with van der Waals surface area (Å²) in [5.41, 5.74) is 0.578. The summed E-state index contributed by atoms with van der Waals surface area (Å²) >= 11 is 7.39. The SMILES string of the molecule is N#C[C@@H](NC(=O)c1cnc([C@H]2CCCO2)s1)c1ccccc1Cl. The summed E-state index contributed by atoms with van der Waals surface area (Å²) in [4.78, 5) is 17.1. The van der Waals surface area contributed by atoms with E-state index in [1.54, 1.807) is 24.3 Å². The van der Waals surface area contributed by atoms with Gasteiger partial charge in [0, 0.05) is 17.2 Å². The van der Waals surface area contributed by atoms with Crippen molar-refractivity contribution in [3.05, 3.63) is 50.9 Å². The number of nitrogens with zero attached hydrogens (tertiary/aromatic N) is 2. The first-order valence-electron chi connectivity index (χ1n) is 7.21. The molecular formula is C16H14ClN3O2S. The number of hydrogen-bond donors (Lipinski definition) is 1. The highest BCUT2D eigenvalue weighted by molar-refractivity contribution is 7.13. The van der Waals surface area contributed by atoms with Crippen LogP contribution in [0.4, 0.5) is 0 Å². The zero-order valence-corrected chi connectivity index (χ0v) is 13.7. The number of carbonyl (C=O) groups is 1. The zero-order valence-electron chi connectivity index (χ0n) is 12.2. The summed E-state index contributed by atoms with van der Waals surface area (Å²) in [6.07, 6.45) is 3.44. The molecular weight excluding hydrogens is 334 g/mol. The monoisotopic (exact) mass is 347 g/mol. The number of nitrogens with one attached hydrogen (secondary N) is 1. The smallest absolute Gasteiger partial charge is 0.264 e. The molecule has 1 aromatic heterocycles. The van der Waals surface area contributed by atoms with Crippen LogP contribution in [0.1, 0.15) is 45.2 Å². The molecule has 0 saturated carbocycles. The van der Waals surface area contributed by atoms with Gasteiger partial charge in [-0.2, -0.15) is 5.26 Å². The third-order valence-corrected chi connectivity index (χ3v) is 5.01. The lowest BCUT2D eigenvalue weighted by Crippen LogP contribution is -2.27. The van der Waals surface area contributed by atoms with Gasteiger partial charge in [-0.05, 0) is 18.9 Å². The normalized spacial score (nSPS) is 18.3. The Morgan fingerprint density at radius 2 is 2.35 bits per heavy atom. The number of amides is 1. The van der Waals surface area contributed by atoms with Crippen molar-refractivity contribution in [1.82, 2.24) is 10.3 Å². The summed E-state index contributed by atoms with van der Waals surface area (Å²) in [6, 6.07) is 8.23. The second-order valence-electron chi connectivity index (χ2n) is 5.12. The largest absolute Gasteiger partial charge is 0.371 e. The van der Waals surface area contributed by atoms with E-state index < -0.39 is 6.04 Å². The Hall–Kier alpha value is -1.94. The molecule has 0 bridgehead atoms. The average molecular weight is 348 g/mol. The van der Waals surface area contributed by atoms with Crippen LogP contribution in [0.25, 0.3) is 0 Å². The van der Waals surface area contributed by atoms with Gasteiger partial charge in [0.05, 0.1) is 12.3 Å². The van der Waals surface area contributed by atoms with Crippen molar-refractivity contribution in [3.63, 3.8) is 0 Å². The fourth-order valence-corrected chi connectivity index (χ4v) is 3.55. The molecule has 7 heteroatoms. The number of ether oxygens (including phenoxy) is 1. The molecule has 1 amide bonds. The highest BCUT2D eigenvalue weighted by atomic mass is 35.5. The minimum Gasteiger partial charge on any atom is -0.371 e. The standard InChI is InChI=1S/C16H14ClN3O2S/c17-11-5-2-1-4-10(11)12(8-18)20-15(21)14-9-19-16(23-14)13-6-3-7-22-13/h1-2,4-5,9,12-13H,3,6-7H2,(H,20,21)/t12-,13-/m1/s1. The number of hydrogen-bond acceptors (Lipinski definition) is 5. The molecule has 3 rings (SSSR count). The lowest BCUT2D eigenvalue weighted by Gasteiger charge is -2.12. The number of rotatable bonds is 4. The van der Waals surface area contributed by atoms with Gasteiger partial charge in [0.15, 0.2) is 0 Å². The van der Waals surface area contributed by atoms with Crippen LogP contribution in [0.5, 0.6) is 0 Å². The van der Waals surface area contributed by atoms with Crippen LogP contribution in [0, 0.1) is 11.3 Å². The fourth-order valence-electron chi connectivity index (χ4n) is 2.40. The molecule has 23 heavy (non-hydrogen) atoms. The average Bonchev–Trinajstić information content (AvgIpc) is 3.23. The van der Waals surface area contributed by atoms with Crippen molar-refractivity contribution in [3.8, 4) is 6.07 Å². The van der Waals surface area contributed by atoms with Gasteiger partial charge in [-0.1, -0.05) is 29.8 Å². The van der Waals surface area contributed by atoms with Gasteiger partial charge in [0.1, 0.15) is 22.0 Å². The van der Waals surface area contributed by atoms with Gasteiger partial charge in [-0.3, -0.25) is 4.79 Å². The summed E-state index contributed by atoms with van der Waals surface area (Å²) in [7, 11) is 0. The Balaban J connectivity index is 1.73. The second-order valence-corrected chi connectivity index (χ2v) is 6.59. The van der Waals surface area contributed by atoms with Crippen molar-refractivity contribution in [2.75, 3.05) is 6.61 Å². The van der Waals surface area contributed by atoms with Crippen LogP contribution in [-0.4, -0.2) is 17.5 Å². The Kier molecular flexibility index (Phi) is 4.91. The van der Waals surface area contributed by atoms with Crippen LogP contribution in [0.2, 0.25) is 5.02 Å². The third kappa shape index (κ3) is 3.53. The minimum absolute atomic E-state index is 0.0168. The quantitative estimate of drug-likeness (QED) is 0.916. The molecule has 1 aliphatic heterocycles. The van der Waals surface area contributed by atoms with E-state index in [4.69, 9.17) is 16.3 Å². The first-order valence-corrected chi connectivity index (χ1v) is 8.40. The van der Waals surface area contributed by atoms with E-state index >= 15 is 0 Å². The minimum atomic E-state index is -0.801. The molecule has 5 nitrogen and oxygen atoms in total. The molecule has 0 aliphatic carbocycles. The van der Waals surface area contributed by atoms with Crippen LogP contribution >= 0.6 is 22.9 Å². The van der Waals surface area contributed by atoms with E-state index in [1.807, 2.05) is 0 Å². The Morgan fingerprint density at radius 1 is 1.52 bits per heavy atom. The number of benzene rings is 1. The van der Waals surface area contributed by atoms with Crippen molar-refractivity contribution in [2.24, 2.45) is 0 Å². The van der Waals surface area contributed by atoms with E-state index in [1.165, 1.54) is 17.5 Å². The Bertz CT molecular complexity index is 750. The number of carbonyl (C=O) groups excluding carboxylic acids is 1. The first-order chi connectivity index (χ1) is 11.2. The highest BCUT2D eigenvalue weighted by Gasteiger charge is 2.24. The molecule has 2 heterocycles. The van der Waals surface area contributed by atoms with E-state index in [9.17, 15) is 10.1 Å². The molecule has 1 aromatic carbocycles. The molecule has 0 unspecified atom stereocenters. The molecule has 1 N–H and O–H groups in total. The summed E-state index contributed by atoms with van der Waals surface area (Å²) in [5, 5.41) is 13.3. The predicted octanol–water partition coefficient (Wildman–Crippen LogP) is 3.64. The zero-order chi connectivity index (χ0) is 16.2. The predicted molar refractivity (Wildman–Crippen MR) is 87.3 cm³/mol. The van der Waals surface area contributed by atoms with Crippen molar-refractivity contribution in [1.29, 1.82) is 5.26 Å². The molecule has 1 fully saturated rings. The van der Waals surface area contributed by atoms with Crippen molar-refractivity contribution < 1.29 is 9.53 Å². The topological polar surface area (TPSA) is 75.0 Å². The van der Waals surface area contributed by atoms with Gasteiger partial charge in [0.2, 0.25) is 0 Å². The van der Waals surface area contributed by atoms with Crippen molar-refractivity contribution in [2.45, 2.75) is 25.0 Å². The van der Waals surface area contributed by atoms with E-state index in [-0.39, 0.29) is 12.0 Å². The number of nitriles is 1. The Morgan fingerprint density at radius 3 is 3.04 bits per heavy atom. The summed E-state index contributed by atoms with van der Waals surface area (Å²) < 4.78 is 5.57. The fraction of sp³-hybridized carbons (Fsp3) is 0.312.